The molecule has 1 aliphatic carbocycles. The van der Waals surface area contributed by atoms with Gasteiger partial charge in [0.2, 0.25) is 0 Å². The molecule has 1 aliphatic heterocycles. The molecule has 2 aliphatic rings. The monoisotopic (exact) mass is 455 g/mol. The number of rotatable bonds is 5. The molecule has 0 unspecified atom stereocenters. The lowest BCUT2D eigenvalue weighted by Crippen LogP contribution is -2.37. The fraction of sp³-hybridized carbons (Fsp3) is 0.458. The third kappa shape index (κ3) is 5.11. The van der Waals surface area contributed by atoms with Crippen molar-refractivity contribution in [3.8, 4) is 17.1 Å². The quantitative estimate of drug-likeness (QED) is 0.599. The second-order valence-electron chi connectivity index (χ2n) is 8.45. The Hall–Kier alpha value is -2.48. The Labute approximate surface area is 194 Å². The first kappa shape index (κ1) is 22.7. The van der Waals surface area contributed by atoms with Gasteiger partial charge in [-0.15, -0.1) is 12.4 Å². The van der Waals surface area contributed by atoms with Crippen molar-refractivity contribution in [3.63, 3.8) is 0 Å². The molecular weight excluding hydrogens is 426 g/mol. The molecule has 7 nitrogen and oxygen atoms in total. The summed E-state index contributed by atoms with van der Waals surface area (Å²) in [6.45, 7) is 3.70. The molecule has 1 saturated heterocycles. The van der Waals surface area contributed by atoms with E-state index in [1.54, 1.807) is 12.1 Å². The van der Waals surface area contributed by atoms with Gasteiger partial charge in [-0.1, -0.05) is 31.4 Å². The summed E-state index contributed by atoms with van der Waals surface area (Å²) < 4.78 is 5.53. The van der Waals surface area contributed by atoms with Crippen LogP contribution in [0.25, 0.3) is 22.4 Å². The van der Waals surface area contributed by atoms with E-state index in [9.17, 15) is 5.11 Å². The number of anilines is 1. The summed E-state index contributed by atoms with van der Waals surface area (Å²) in [6, 6.07) is 9.81. The number of fused-ring (bicyclic) bond motifs is 1. The van der Waals surface area contributed by atoms with E-state index in [0.717, 1.165) is 47.6 Å². The Morgan fingerprint density at radius 1 is 1.06 bits per heavy atom. The molecule has 1 saturated carbocycles. The summed E-state index contributed by atoms with van der Waals surface area (Å²) >= 11 is 0. The summed E-state index contributed by atoms with van der Waals surface area (Å²) in [7, 11) is 0. The van der Waals surface area contributed by atoms with Gasteiger partial charge in [0.1, 0.15) is 11.3 Å². The average molecular weight is 456 g/mol. The van der Waals surface area contributed by atoms with Crippen molar-refractivity contribution in [2.24, 2.45) is 0 Å². The summed E-state index contributed by atoms with van der Waals surface area (Å²) in [6.07, 6.45) is 8.44. The molecule has 0 radical (unpaired) electrons. The predicted molar refractivity (Wildman–Crippen MR) is 128 cm³/mol. The minimum atomic E-state index is 0. The lowest BCUT2D eigenvalue weighted by Gasteiger charge is -2.28. The third-order valence-electron chi connectivity index (χ3n) is 6.19. The SMILES string of the molecule is Cl.Oc1cccc(-c2nc(N3CCOCC3)c3ncc(CNC4CCCCC4)cc3n2)c1. The van der Waals surface area contributed by atoms with Gasteiger partial charge in [0.25, 0.3) is 0 Å². The predicted octanol–water partition coefficient (Wildman–Crippen LogP) is 4.08. The Morgan fingerprint density at radius 3 is 2.66 bits per heavy atom. The number of nitrogens with zero attached hydrogens (tertiary/aromatic N) is 4. The largest absolute Gasteiger partial charge is 0.508 e. The van der Waals surface area contributed by atoms with Crippen molar-refractivity contribution in [1.29, 1.82) is 0 Å². The van der Waals surface area contributed by atoms with E-state index in [1.807, 2.05) is 18.3 Å². The molecule has 2 N–H and O–H groups in total. The molecule has 0 amide bonds. The van der Waals surface area contributed by atoms with Crippen LogP contribution in [0.2, 0.25) is 0 Å². The first-order chi connectivity index (χ1) is 15.3. The van der Waals surface area contributed by atoms with Gasteiger partial charge in [0.05, 0.1) is 18.7 Å². The molecule has 1 aromatic carbocycles. The maximum Gasteiger partial charge on any atom is 0.162 e. The third-order valence-corrected chi connectivity index (χ3v) is 6.19. The maximum atomic E-state index is 9.94. The van der Waals surface area contributed by atoms with Crippen molar-refractivity contribution in [3.05, 3.63) is 42.1 Å². The van der Waals surface area contributed by atoms with Gasteiger partial charge in [-0.25, -0.2) is 9.97 Å². The summed E-state index contributed by atoms with van der Waals surface area (Å²) in [5.41, 5.74) is 3.57. The molecule has 5 rings (SSSR count). The van der Waals surface area contributed by atoms with Crippen molar-refractivity contribution in [1.82, 2.24) is 20.3 Å². The minimum absolute atomic E-state index is 0. The number of hydrogen-bond donors (Lipinski definition) is 2. The van der Waals surface area contributed by atoms with E-state index in [2.05, 4.69) is 16.3 Å². The van der Waals surface area contributed by atoms with Gasteiger partial charge < -0.3 is 20.1 Å². The highest BCUT2D eigenvalue weighted by atomic mass is 35.5. The number of phenolic OH excluding ortho intramolecular Hbond substituents is 1. The summed E-state index contributed by atoms with van der Waals surface area (Å²) in [5.74, 6) is 1.64. The molecular formula is C24H30ClN5O2. The molecule has 8 heteroatoms. The number of hydrogen-bond acceptors (Lipinski definition) is 7. The number of pyridine rings is 1. The number of morpholine rings is 1. The van der Waals surface area contributed by atoms with Crippen LogP contribution >= 0.6 is 12.4 Å². The molecule has 3 heterocycles. The average Bonchev–Trinajstić information content (AvgIpc) is 2.83. The highest BCUT2D eigenvalue weighted by molar-refractivity contribution is 5.88. The molecule has 3 aromatic rings. The number of nitrogens with one attached hydrogen (secondary N) is 1. The normalized spacial score (nSPS) is 17.3. The standard InChI is InChI=1S/C24H29N5O2.ClH/c30-20-8-4-5-18(14-20)23-27-21-13-17(15-25-19-6-2-1-3-7-19)16-26-22(21)24(28-23)29-9-11-31-12-10-29;/h4-5,8,13-14,16,19,25,30H,1-3,6-7,9-12,15H2;1H. The Morgan fingerprint density at radius 2 is 1.88 bits per heavy atom. The lowest BCUT2D eigenvalue weighted by atomic mass is 9.95. The number of aromatic nitrogens is 3. The van der Waals surface area contributed by atoms with Crippen LogP contribution in [0.4, 0.5) is 5.82 Å². The molecule has 32 heavy (non-hydrogen) atoms. The lowest BCUT2D eigenvalue weighted by molar-refractivity contribution is 0.122. The van der Waals surface area contributed by atoms with Crippen molar-refractivity contribution >= 4 is 29.3 Å². The summed E-state index contributed by atoms with van der Waals surface area (Å²) in [5, 5.41) is 13.6. The van der Waals surface area contributed by atoms with Crippen LogP contribution in [0.1, 0.15) is 37.7 Å². The maximum absolute atomic E-state index is 9.94. The fourth-order valence-corrected chi connectivity index (χ4v) is 4.48. The van der Waals surface area contributed by atoms with Gasteiger partial charge in [0, 0.05) is 37.4 Å². The van der Waals surface area contributed by atoms with Gasteiger partial charge in [-0.2, -0.15) is 0 Å². The Kier molecular flexibility index (Phi) is 7.40. The van der Waals surface area contributed by atoms with Crippen molar-refractivity contribution in [2.45, 2.75) is 44.7 Å². The summed E-state index contributed by atoms with van der Waals surface area (Å²) in [4.78, 5) is 16.7. The van der Waals surface area contributed by atoms with E-state index in [1.165, 1.54) is 32.1 Å². The van der Waals surface area contributed by atoms with Crippen LogP contribution < -0.4 is 10.2 Å². The van der Waals surface area contributed by atoms with E-state index in [4.69, 9.17) is 19.7 Å². The van der Waals surface area contributed by atoms with Crippen LogP contribution in [-0.2, 0) is 11.3 Å². The van der Waals surface area contributed by atoms with Gasteiger partial charge in [0.15, 0.2) is 11.6 Å². The number of aromatic hydroxyl groups is 1. The van der Waals surface area contributed by atoms with E-state index >= 15 is 0 Å². The van der Waals surface area contributed by atoms with Gasteiger partial charge in [-0.05, 0) is 36.6 Å². The smallest absolute Gasteiger partial charge is 0.162 e. The highest BCUT2D eigenvalue weighted by Gasteiger charge is 2.20. The molecule has 0 bridgehead atoms. The second kappa shape index (κ2) is 10.4. The molecule has 2 fully saturated rings. The Bertz CT molecular complexity index is 1050. The number of halogens is 1. The van der Waals surface area contributed by atoms with Gasteiger partial charge in [-0.3, -0.25) is 4.98 Å². The highest BCUT2D eigenvalue weighted by Crippen LogP contribution is 2.29. The van der Waals surface area contributed by atoms with Crippen LogP contribution in [0.3, 0.4) is 0 Å². The van der Waals surface area contributed by atoms with E-state index < -0.39 is 0 Å². The first-order valence-corrected chi connectivity index (χ1v) is 11.3. The molecule has 170 valence electrons. The molecule has 0 atom stereocenters. The van der Waals surface area contributed by atoms with Crippen LogP contribution in [0.5, 0.6) is 5.75 Å². The number of phenols is 1. The van der Waals surface area contributed by atoms with Crippen LogP contribution in [0.15, 0.2) is 36.5 Å². The van der Waals surface area contributed by atoms with Crippen LogP contribution in [-0.4, -0.2) is 52.4 Å². The minimum Gasteiger partial charge on any atom is -0.508 e. The van der Waals surface area contributed by atoms with Gasteiger partial charge >= 0.3 is 0 Å². The zero-order valence-electron chi connectivity index (χ0n) is 18.2. The van der Waals surface area contributed by atoms with E-state index in [0.29, 0.717) is 25.1 Å². The number of benzene rings is 1. The van der Waals surface area contributed by atoms with Crippen molar-refractivity contribution in [2.75, 3.05) is 31.2 Å². The number of ether oxygens (including phenoxy) is 1. The van der Waals surface area contributed by atoms with E-state index in [-0.39, 0.29) is 18.2 Å². The van der Waals surface area contributed by atoms with Crippen molar-refractivity contribution < 1.29 is 9.84 Å². The Balaban J connectivity index is 0.00000245. The molecule has 2 aromatic heterocycles. The second-order valence-corrected chi connectivity index (χ2v) is 8.45. The zero-order valence-corrected chi connectivity index (χ0v) is 19.0. The zero-order chi connectivity index (χ0) is 21.0. The first-order valence-electron chi connectivity index (χ1n) is 11.3. The fourth-order valence-electron chi connectivity index (χ4n) is 4.48. The topological polar surface area (TPSA) is 83.4 Å². The molecule has 0 spiro atoms. The van der Waals surface area contributed by atoms with Crippen LogP contribution in [0, 0.1) is 0 Å².